The monoisotopic (exact) mass is 392 g/mol. The third-order valence-corrected chi connectivity index (χ3v) is 7.89. The summed E-state index contributed by atoms with van der Waals surface area (Å²) < 4.78 is 24.5. The van der Waals surface area contributed by atoms with Crippen LogP contribution in [0.2, 0.25) is 11.1 Å². The molecule has 0 saturated carbocycles. The van der Waals surface area contributed by atoms with Crippen LogP contribution in [0.1, 0.15) is 47.1 Å². The quantitative estimate of drug-likeness (QED) is 0.554. The topological polar surface area (TPSA) is 89.1 Å². The van der Waals surface area contributed by atoms with Gasteiger partial charge in [-0.15, -0.1) is 0 Å². The highest BCUT2D eigenvalue weighted by atomic mass is 28.2. The Morgan fingerprint density at radius 2 is 2.00 bits per heavy atom. The minimum Gasteiger partial charge on any atom is -0.444 e. The van der Waals surface area contributed by atoms with Crippen LogP contribution in [0, 0.1) is 5.82 Å². The number of hydrogen-bond acceptors (Lipinski definition) is 5. The predicted molar refractivity (Wildman–Crippen MR) is 108 cm³/mol. The van der Waals surface area contributed by atoms with Gasteiger partial charge in [-0.3, -0.25) is 10.3 Å². The minimum atomic E-state index is -1.37. The summed E-state index contributed by atoms with van der Waals surface area (Å²) in [6.45, 7) is 11.2. The van der Waals surface area contributed by atoms with E-state index in [-0.39, 0.29) is 5.82 Å². The summed E-state index contributed by atoms with van der Waals surface area (Å²) in [5, 5.41) is 2.35. The van der Waals surface area contributed by atoms with Crippen LogP contribution in [-0.2, 0) is 10.3 Å². The van der Waals surface area contributed by atoms with E-state index < -0.39 is 30.9 Å². The summed E-state index contributed by atoms with van der Waals surface area (Å²) >= 11 is 0. The van der Waals surface area contributed by atoms with Gasteiger partial charge in [0, 0.05) is 29.4 Å². The van der Waals surface area contributed by atoms with Crippen molar-refractivity contribution in [2.45, 2.75) is 63.8 Å². The van der Waals surface area contributed by atoms with Crippen molar-refractivity contribution in [2.75, 3.05) is 12.8 Å². The van der Waals surface area contributed by atoms with Gasteiger partial charge in [0.1, 0.15) is 25.8 Å². The van der Waals surface area contributed by atoms with Gasteiger partial charge < -0.3 is 15.1 Å². The van der Waals surface area contributed by atoms with E-state index in [1.165, 1.54) is 12.1 Å². The summed E-state index contributed by atoms with van der Waals surface area (Å²) in [6.07, 6.45) is -0.580. The molecule has 6 nitrogen and oxygen atoms in total. The summed E-state index contributed by atoms with van der Waals surface area (Å²) in [7, 11) is 0.401. The third-order valence-electron chi connectivity index (χ3n) is 4.64. The number of ether oxygens (including phenoxy) is 1. The van der Waals surface area contributed by atoms with E-state index in [4.69, 9.17) is 15.5 Å². The number of carbonyl (C=O) groups excluding carboxylic acids is 1. The number of nitrogens with zero attached hydrogens (tertiary/aromatic N) is 2. The molecule has 1 aromatic carbocycles. The summed E-state index contributed by atoms with van der Waals surface area (Å²) in [5.74, 6) is 0.0936. The van der Waals surface area contributed by atoms with E-state index in [2.05, 4.69) is 9.95 Å². The number of nitrogens with one attached hydrogen (secondary N) is 1. The predicted octanol–water partition coefficient (Wildman–Crippen LogP) is 4.23. The largest absolute Gasteiger partial charge is 0.444 e. The van der Waals surface area contributed by atoms with E-state index in [1.807, 2.05) is 20.8 Å². The van der Waals surface area contributed by atoms with Gasteiger partial charge >= 0.3 is 6.09 Å². The second-order valence-electron chi connectivity index (χ2n) is 8.57. The maximum atomic E-state index is 14.6. The number of nitrogen functional groups attached to an aromatic ring is 1. The van der Waals surface area contributed by atoms with Crippen LogP contribution in [0.5, 0.6) is 0 Å². The standard InChI is InChI=1S/C19H29FN4O2Si/c1-17(2,3)26-16(25)23-15-18(4,5)27(22-7)11-19(6,24-15)13-10-12(21)8-9-14(13)20/h8-10H,11,21H2,1-7H3,(H,23,24,25)/t19-/m0/s1. The molecule has 0 bridgehead atoms. The van der Waals surface area contributed by atoms with Crippen molar-refractivity contribution >= 4 is 26.2 Å². The normalized spacial score (nSPS) is 23.7. The second-order valence-corrected chi connectivity index (χ2v) is 11.5. The number of benzene rings is 1. The third kappa shape index (κ3) is 4.61. The van der Waals surface area contributed by atoms with Gasteiger partial charge in [0.15, 0.2) is 0 Å². The average Bonchev–Trinajstić information content (AvgIpc) is 2.51. The molecule has 0 radical (unpaired) electrons. The highest BCUT2D eigenvalue weighted by Crippen LogP contribution is 2.44. The minimum absolute atomic E-state index is 0.371. The number of carbonyl (C=O) groups is 1. The van der Waals surface area contributed by atoms with Crippen molar-refractivity contribution in [3.8, 4) is 0 Å². The zero-order valence-electron chi connectivity index (χ0n) is 17.1. The van der Waals surface area contributed by atoms with E-state index in [0.717, 1.165) is 0 Å². The van der Waals surface area contributed by atoms with Crippen LogP contribution in [0.4, 0.5) is 14.9 Å². The number of hydrogen-bond donors (Lipinski definition) is 2. The fraction of sp³-hybridized carbons (Fsp3) is 0.579. The molecule has 0 fully saturated rings. The number of nitrogens with two attached hydrogens (primary N) is 1. The maximum Gasteiger partial charge on any atom is 0.413 e. The summed E-state index contributed by atoms with van der Waals surface area (Å²) in [4.78, 5) is 17.1. The molecule has 0 saturated heterocycles. The smallest absolute Gasteiger partial charge is 0.413 e. The summed E-state index contributed by atoms with van der Waals surface area (Å²) in [5.41, 5.74) is 5.26. The number of anilines is 1. The number of amides is 1. The van der Waals surface area contributed by atoms with Crippen molar-refractivity contribution in [1.29, 1.82) is 0 Å². The first-order valence-electron chi connectivity index (χ1n) is 8.90. The zero-order valence-corrected chi connectivity index (χ0v) is 18.1. The lowest BCUT2D eigenvalue weighted by Gasteiger charge is -2.40. The Labute approximate surface area is 161 Å². The molecule has 1 aromatic rings. The van der Waals surface area contributed by atoms with Gasteiger partial charge in [-0.05, 0) is 45.9 Å². The molecule has 0 aliphatic carbocycles. The molecule has 1 heterocycles. The first-order chi connectivity index (χ1) is 12.3. The Balaban J connectivity index is 2.54. The van der Waals surface area contributed by atoms with Crippen LogP contribution in [0.15, 0.2) is 27.8 Å². The first-order valence-corrected chi connectivity index (χ1v) is 10.6. The number of aliphatic imine (C=N–C) groups is 1. The van der Waals surface area contributed by atoms with Crippen molar-refractivity contribution < 1.29 is 13.9 Å². The fourth-order valence-corrected chi connectivity index (χ4v) is 5.64. The number of alkyl carbamates (subject to hydrolysis) is 1. The molecular weight excluding hydrogens is 363 g/mol. The van der Waals surface area contributed by atoms with Crippen LogP contribution >= 0.6 is 0 Å². The molecule has 1 atom stereocenters. The lowest BCUT2D eigenvalue weighted by Crippen LogP contribution is -2.49. The molecule has 2 rings (SSSR count). The fourth-order valence-electron chi connectivity index (χ4n) is 3.16. The molecule has 0 aromatic heterocycles. The molecule has 0 spiro atoms. The van der Waals surface area contributed by atoms with Crippen LogP contribution < -0.4 is 11.1 Å². The van der Waals surface area contributed by atoms with E-state index in [1.54, 1.807) is 33.9 Å². The number of rotatable bonds is 1. The lowest BCUT2D eigenvalue weighted by atomic mass is 9.92. The highest BCUT2D eigenvalue weighted by Gasteiger charge is 2.45. The SMILES string of the molecule is CN=[Si]1C[C@@](C)(c2cc(N)ccc2F)N=C(NC(=O)OC(C)(C)C)C1(C)C. The average molecular weight is 393 g/mol. The molecule has 1 aliphatic heterocycles. The van der Waals surface area contributed by atoms with Crippen LogP contribution in [0.3, 0.4) is 0 Å². The number of amidine groups is 1. The Morgan fingerprint density at radius 1 is 1.37 bits per heavy atom. The molecule has 148 valence electrons. The zero-order chi connectivity index (χ0) is 20.6. The van der Waals surface area contributed by atoms with E-state index in [9.17, 15) is 9.18 Å². The van der Waals surface area contributed by atoms with Gasteiger partial charge in [0.25, 0.3) is 0 Å². The van der Waals surface area contributed by atoms with Crippen molar-refractivity contribution in [3.05, 3.63) is 29.6 Å². The maximum absolute atomic E-state index is 14.6. The van der Waals surface area contributed by atoms with Crippen LogP contribution in [-0.4, -0.2) is 33.2 Å². The molecule has 1 aliphatic rings. The van der Waals surface area contributed by atoms with Gasteiger partial charge in [0.2, 0.25) is 0 Å². The van der Waals surface area contributed by atoms with Crippen molar-refractivity contribution in [2.24, 2.45) is 9.63 Å². The Hall–Kier alpha value is -2.09. The molecular formula is C19H29FN4O2Si. The van der Waals surface area contributed by atoms with Gasteiger partial charge in [0.05, 0.1) is 5.54 Å². The van der Waals surface area contributed by atoms with Gasteiger partial charge in [-0.1, -0.05) is 13.8 Å². The van der Waals surface area contributed by atoms with Gasteiger partial charge in [-0.25, -0.2) is 9.18 Å². The first kappa shape index (κ1) is 21.2. The Kier molecular flexibility index (Phi) is 5.61. The van der Waals surface area contributed by atoms with E-state index in [0.29, 0.717) is 23.1 Å². The molecule has 1 amide bonds. The van der Waals surface area contributed by atoms with Crippen LogP contribution in [0.25, 0.3) is 0 Å². The van der Waals surface area contributed by atoms with Crippen molar-refractivity contribution in [1.82, 2.24) is 5.32 Å². The number of halogens is 1. The molecule has 0 unspecified atom stereocenters. The van der Waals surface area contributed by atoms with Gasteiger partial charge in [-0.2, -0.15) is 0 Å². The van der Waals surface area contributed by atoms with E-state index >= 15 is 0 Å². The lowest BCUT2D eigenvalue weighted by molar-refractivity contribution is 0.0560. The molecule has 27 heavy (non-hydrogen) atoms. The highest BCUT2D eigenvalue weighted by molar-refractivity contribution is 6.57. The Morgan fingerprint density at radius 3 is 2.56 bits per heavy atom. The summed E-state index contributed by atoms with van der Waals surface area (Å²) in [6, 6.07) is 5.08. The molecule has 8 heteroatoms. The van der Waals surface area contributed by atoms with Crippen molar-refractivity contribution in [3.63, 3.8) is 0 Å². The molecule has 3 N–H and O–H groups in total. The Bertz CT molecular complexity index is 814. The second kappa shape index (κ2) is 7.14.